The Labute approximate surface area is 99.4 Å². The molecule has 1 aromatic rings. The fraction of sp³-hybridized carbons (Fsp3) is 0.417. The predicted octanol–water partition coefficient (Wildman–Crippen LogP) is 1.84. The lowest BCUT2D eigenvalue weighted by Gasteiger charge is -2.10. The summed E-state index contributed by atoms with van der Waals surface area (Å²) in [6, 6.07) is 6.68. The van der Waals surface area contributed by atoms with Crippen LogP contribution in [0.15, 0.2) is 24.3 Å². The van der Waals surface area contributed by atoms with Crippen LogP contribution in [0.25, 0.3) is 0 Å². The van der Waals surface area contributed by atoms with E-state index in [0.29, 0.717) is 23.0 Å². The number of carbonyl (C=O) groups excluding carboxylic acids is 1. The molecule has 1 fully saturated rings. The Balaban J connectivity index is 1.85. The second-order valence-corrected chi connectivity index (χ2v) is 4.56. The summed E-state index contributed by atoms with van der Waals surface area (Å²) in [4.78, 5) is 11.6. The van der Waals surface area contributed by atoms with E-state index in [1.807, 2.05) is 0 Å². The van der Waals surface area contributed by atoms with Crippen LogP contribution in [-0.2, 0) is 0 Å². The zero-order valence-electron chi connectivity index (χ0n) is 8.82. The third-order valence-corrected chi connectivity index (χ3v) is 3.00. The Morgan fingerprint density at radius 1 is 1.44 bits per heavy atom. The van der Waals surface area contributed by atoms with Crippen LogP contribution >= 0.6 is 11.6 Å². The van der Waals surface area contributed by atoms with E-state index in [9.17, 15) is 9.90 Å². The predicted molar refractivity (Wildman–Crippen MR) is 62.5 cm³/mol. The Kier molecular flexibility index (Phi) is 3.46. The monoisotopic (exact) mass is 239 g/mol. The Bertz CT molecular complexity index is 373. The van der Waals surface area contributed by atoms with E-state index >= 15 is 0 Å². The van der Waals surface area contributed by atoms with Crippen molar-refractivity contribution in [1.29, 1.82) is 0 Å². The molecule has 1 amide bonds. The zero-order chi connectivity index (χ0) is 11.5. The van der Waals surface area contributed by atoms with E-state index in [-0.39, 0.29) is 5.91 Å². The third-order valence-electron chi connectivity index (χ3n) is 2.74. The van der Waals surface area contributed by atoms with Crippen LogP contribution in [0, 0.1) is 5.92 Å². The standard InChI is InChI=1S/C12H14ClNO2/c13-10-5-3-9(4-6-10)12(16)14-7-11(15)8-1-2-8/h3-6,8,11,15H,1-2,7H2,(H,14,16). The summed E-state index contributed by atoms with van der Waals surface area (Å²) < 4.78 is 0. The number of halogens is 1. The second kappa shape index (κ2) is 4.85. The highest BCUT2D eigenvalue weighted by atomic mass is 35.5. The number of hydrogen-bond donors (Lipinski definition) is 2. The number of hydrogen-bond acceptors (Lipinski definition) is 2. The van der Waals surface area contributed by atoms with Crippen molar-refractivity contribution in [2.75, 3.05) is 6.54 Å². The molecule has 2 N–H and O–H groups in total. The van der Waals surface area contributed by atoms with E-state index in [1.54, 1.807) is 24.3 Å². The van der Waals surface area contributed by atoms with Crippen LogP contribution in [0.3, 0.4) is 0 Å². The number of aliphatic hydroxyl groups is 1. The van der Waals surface area contributed by atoms with Gasteiger partial charge in [-0.15, -0.1) is 0 Å². The molecular weight excluding hydrogens is 226 g/mol. The largest absolute Gasteiger partial charge is 0.391 e. The first-order chi connectivity index (χ1) is 7.66. The maximum Gasteiger partial charge on any atom is 0.251 e. The molecule has 1 atom stereocenters. The van der Waals surface area contributed by atoms with Gasteiger partial charge in [0, 0.05) is 17.1 Å². The molecule has 0 spiro atoms. The first-order valence-corrected chi connectivity index (χ1v) is 5.76. The minimum atomic E-state index is -0.406. The Hall–Kier alpha value is -1.06. The van der Waals surface area contributed by atoms with Crippen molar-refractivity contribution in [3.8, 4) is 0 Å². The second-order valence-electron chi connectivity index (χ2n) is 4.12. The van der Waals surface area contributed by atoms with Crippen LogP contribution in [-0.4, -0.2) is 23.7 Å². The Morgan fingerprint density at radius 2 is 2.06 bits per heavy atom. The smallest absolute Gasteiger partial charge is 0.251 e. The normalized spacial score (nSPS) is 16.9. The van der Waals surface area contributed by atoms with E-state index < -0.39 is 6.10 Å². The Morgan fingerprint density at radius 3 is 2.62 bits per heavy atom. The summed E-state index contributed by atoms with van der Waals surface area (Å²) in [5, 5.41) is 12.9. The van der Waals surface area contributed by atoms with Crippen molar-refractivity contribution in [3.63, 3.8) is 0 Å². The number of aliphatic hydroxyl groups excluding tert-OH is 1. The van der Waals surface area contributed by atoms with E-state index in [1.165, 1.54) is 0 Å². The van der Waals surface area contributed by atoms with Crippen LogP contribution in [0.5, 0.6) is 0 Å². The molecule has 0 bridgehead atoms. The summed E-state index contributed by atoms with van der Waals surface area (Å²) >= 11 is 5.72. The van der Waals surface area contributed by atoms with Crippen molar-refractivity contribution in [2.45, 2.75) is 18.9 Å². The van der Waals surface area contributed by atoms with E-state index in [4.69, 9.17) is 11.6 Å². The zero-order valence-corrected chi connectivity index (χ0v) is 9.57. The molecule has 1 aliphatic rings. The van der Waals surface area contributed by atoms with Gasteiger partial charge in [-0.2, -0.15) is 0 Å². The minimum absolute atomic E-state index is 0.170. The summed E-state index contributed by atoms with van der Waals surface area (Å²) in [7, 11) is 0. The maximum absolute atomic E-state index is 11.6. The molecule has 1 aromatic carbocycles. The summed E-state index contributed by atoms with van der Waals surface area (Å²) in [5.41, 5.74) is 0.562. The number of amides is 1. The molecule has 86 valence electrons. The van der Waals surface area contributed by atoms with Crippen molar-refractivity contribution < 1.29 is 9.90 Å². The van der Waals surface area contributed by atoms with Crippen LogP contribution in [0.4, 0.5) is 0 Å². The van der Waals surface area contributed by atoms with Crippen molar-refractivity contribution >= 4 is 17.5 Å². The van der Waals surface area contributed by atoms with Crippen LogP contribution < -0.4 is 5.32 Å². The lowest BCUT2D eigenvalue weighted by molar-refractivity contribution is 0.0901. The van der Waals surface area contributed by atoms with Gasteiger partial charge in [0.2, 0.25) is 0 Å². The third kappa shape index (κ3) is 2.97. The van der Waals surface area contributed by atoms with Gasteiger partial charge < -0.3 is 10.4 Å². The molecule has 3 nitrogen and oxygen atoms in total. The molecule has 0 saturated heterocycles. The number of nitrogens with one attached hydrogen (secondary N) is 1. The molecular formula is C12H14ClNO2. The van der Waals surface area contributed by atoms with E-state index in [2.05, 4.69) is 5.32 Å². The summed E-state index contributed by atoms with van der Waals surface area (Å²) in [5.74, 6) is 0.210. The van der Waals surface area contributed by atoms with Crippen molar-refractivity contribution in [3.05, 3.63) is 34.9 Å². The van der Waals surface area contributed by atoms with Crippen molar-refractivity contribution in [1.82, 2.24) is 5.32 Å². The van der Waals surface area contributed by atoms with Gasteiger partial charge in [-0.25, -0.2) is 0 Å². The van der Waals surface area contributed by atoms with Gasteiger partial charge in [0.1, 0.15) is 0 Å². The van der Waals surface area contributed by atoms with Gasteiger partial charge in [0.25, 0.3) is 5.91 Å². The highest BCUT2D eigenvalue weighted by molar-refractivity contribution is 6.30. The lowest BCUT2D eigenvalue weighted by Crippen LogP contribution is -2.33. The molecule has 16 heavy (non-hydrogen) atoms. The van der Waals surface area contributed by atoms with Gasteiger partial charge in [-0.3, -0.25) is 4.79 Å². The molecule has 0 aromatic heterocycles. The topological polar surface area (TPSA) is 49.3 Å². The molecule has 1 saturated carbocycles. The minimum Gasteiger partial charge on any atom is -0.391 e. The summed E-state index contributed by atoms with van der Waals surface area (Å²) in [6.45, 7) is 0.326. The quantitative estimate of drug-likeness (QED) is 0.843. The van der Waals surface area contributed by atoms with Gasteiger partial charge in [-0.1, -0.05) is 11.6 Å². The number of carbonyl (C=O) groups is 1. The highest BCUT2D eigenvalue weighted by Crippen LogP contribution is 2.32. The SMILES string of the molecule is O=C(NCC(O)C1CC1)c1ccc(Cl)cc1. The number of benzene rings is 1. The van der Waals surface area contributed by atoms with E-state index in [0.717, 1.165) is 12.8 Å². The molecule has 0 aliphatic heterocycles. The lowest BCUT2D eigenvalue weighted by atomic mass is 10.2. The molecule has 0 radical (unpaired) electrons. The highest BCUT2D eigenvalue weighted by Gasteiger charge is 2.29. The maximum atomic E-state index is 11.6. The average Bonchev–Trinajstić information content (AvgIpc) is 3.10. The first-order valence-electron chi connectivity index (χ1n) is 5.38. The van der Waals surface area contributed by atoms with Crippen LogP contribution in [0.1, 0.15) is 23.2 Å². The first kappa shape index (κ1) is 11.4. The van der Waals surface area contributed by atoms with Crippen LogP contribution in [0.2, 0.25) is 5.02 Å². The summed E-state index contributed by atoms with van der Waals surface area (Å²) in [6.07, 6.45) is 1.73. The van der Waals surface area contributed by atoms with Gasteiger partial charge in [0.15, 0.2) is 0 Å². The fourth-order valence-corrected chi connectivity index (χ4v) is 1.67. The van der Waals surface area contributed by atoms with Crippen molar-refractivity contribution in [2.24, 2.45) is 5.92 Å². The molecule has 4 heteroatoms. The number of rotatable bonds is 4. The molecule has 0 heterocycles. The van der Waals surface area contributed by atoms with Gasteiger partial charge >= 0.3 is 0 Å². The average molecular weight is 240 g/mol. The van der Waals surface area contributed by atoms with Gasteiger partial charge in [0.05, 0.1) is 6.10 Å². The molecule has 2 rings (SSSR count). The molecule has 1 aliphatic carbocycles. The molecule has 1 unspecified atom stereocenters. The van der Waals surface area contributed by atoms with Gasteiger partial charge in [-0.05, 0) is 43.0 Å². The fourth-order valence-electron chi connectivity index (χ4n) is 1.55.